The van der Waals surface area contributed by atoms with E-state index >= 15 is 0 Å². The zero-order chi connectivity index (χ0) is 42.2. The van der Waals surface area contributed by atoms with Gasteiger partial charge in [-0.1, -0.05) is 137 Å². The van der Waals surface area contributed by atoms with Gasteiger partial charge in [-0.3, -0.25) is 9.78 Å². The first-order chi connectivity index (χ1) is 26.6. The number of benzene rings is 2. The molecule has 0 fully saturated rings. The second-order valence-electron chi connectivity index (χ2n) is 19.0. The predicted molar refractivity (Wildman–Crippen MR) is 246 cm³/mol. The Bertz CT molecular complexity index is 2340. The number of rotatable bonds is 11. The molecule has 0 atom stereocenters. The summed E-state index contributed by atoms with van der Waals surface area (Å²) in [5.74, 6) is 0.928. The number of carbonyl (C=O) groups excluding carboxylic acids is 1. The summed E-state index contributed by atoms with van der Waals surface area (Å²) >= 11 is 1.93. The number of carbonyl (C=O) groups is 1. The van der Waals surface area contributed by atoms with Crippen molar-refractivity contribution in [2.24, 2.45) is 16.7 Å². The van der Waals surface area contributed by atoms with E-state index in [0.29, 0.717) is 5.92 Å². The average Bonchev–Trinajstić information content (AvgIpc) is 3.61. The second-order valence-corrected chi connectivity index (χ2v) is 20.2. The topological polar surface area (TPSA) is 63.1 Å². The average molecular weight is 976 g/mol. The van der Waals surface area contributed by atoms with Gasteiger partial charge in [0.05, 0.1) is 0 Å². The molecular formula is C52H67IrN2O2S-. The molecule has 5 aromatic rings. The summed E-state index contributed by atoms with van der Waals surface area (Å²) in [6.45, 7) is 32.6. The van der Waals surface area contributed by atoms with Gasteiger partial charge in [-0.05, 0) is 97.2 Å². The van der Waals surface area contributed by atoms with Gasteiger partial charge in [-0.25, -0.2) is 0 Å². The number of aromatic nitrogens is 2. The molecule has 6 rings (SSSR count). The van der Waals surface area contributed by atoms with Gasteiger partial charge in [-0.15, -0.1) is 29.0 Å². The Kier molecular flexibility index (Phi) is 14.7. The van der Waals surface area contributed by atoms with Crippen LogP contribution in [0.2, 0.25) is 0 Å². The van der Waals surface area contributed by atoms with Gasteiger partial charge in [-0.2, -0.15) is 0 Å². The number of aryl methyl sites for hydroxylation is 1. The van der Waals surface area contributed by atoms with E-state index in [1.807, 2.05) is 65.3 Å². The largest absolute Gasteiger partial charge is 0.512 e. The summed E-state index contributed by atoms with van der Waals surface area (Å²) in [5, 5.41) is 13.8. The maximum atomic E-state index is 12.2. The first kappa shape index (κ1) is 47.2. The summed E-state index contributed by atoms with van der Waals surface area (Å²) in [6, 6.07) is 17.5. The van der Waals surface area contributed by atoms with Crippen molar-refractivity contribution in [1.29, 1.82) is 0 Å². The number of hydrogen-bond acceptors (Lipinski definition) is 5. The fourth-order valence-electron chi connectivity index (χ4n) is 8.13. The Morgan fingerprint density at radius 3 is 2.14 bits per heavy atom. The molecule has 6 heteroatoms. The molecule has 4 nitrogen and oxygen atoms in total. The maximum Gasteiger partial charge on any atom is 0.164 e. The van der Waals surface area contributed by atoms with Crippen molar-refractivity contribution < 1.29 is 30.0 Å². The SMILES string of the molecule is CC1=CC(C)(C)c2nc(-c3[c-]c4cnccc4c(C(C)(C)C)c3)cc(-c3ccc4c(CC(C)C)c(C)sc4c3)c21.CCC(C)(CC)C(=O)/C=C(\O)C(C)(CC)CC.[Ir]. The van der Waals surface area contributed by atoms with Gasteiger partial charge in [0.15, 0.2) is 5.78 Å². The number of ketones is 1. The van der Waals surface area contributed by atoms with Crippen LogP contribution < -0.4 is 0 Å². The van der Waals surface area contributed by atoms with Gasteiger partial charge in [0.25, 0.3) is 0 Å². The maximum absolute atomic E-state index is 12.2. The quantitative estimate of drug-likeness (QED) is 0.0814. The van der Waals surface area contributed by atoms with Crippen LogP contribution in [0.3, 0.4) is 0 Å². The minimum absolute atomic E-state index is 0. The first-order valence-corrected chi connectivity index (χ1v) is 22.0. The molecule has 3 heterocycles. The molecule has 0 bridgehead atoms. The van der Waals surface area contributed by atoms with Crippen molar-refractivity contribution in [3.63, 3.8) is 0 Å². The molecule has 0 spiro atoms. The standard InChI is InChI=1S/C37H39N2S.C15H28O2.Ir/c1-21(2)14-29-23(4)40-33-17-24(10-11-28(29)33)30-18-32(39-35-34(30)22(3)19-37(35,8)9)25-15-26-20-38-13-12-27(26)31(16-25)36(5,6)7;1-7-14(5,8-2)12(16)11-13(17)15(6,9-3)10-4;/h10-13,16-21H,14H2,1-9H3;11,16H,7-10H2,1-6H3;/q-1;;/b;12-11-;. The van der Waals surface area contributed by atoms with E-state index in [1.54, 1.807) is 0 Å². The van der Waals surface area contributed by atoms with Crippen molar-refractivity contribution in [2.75, 3.05) is 0 Å². The van der Waals surface area contributed by atoms with Gasteiger partial charge >= 0.3 is 0 Å². The van der Waals surface area contributed by atoms with Crippen LogP contribution in [-0.2, 0) is 42.2 Å². The fraction of sp³-hybridized carbons (Fsp3) is 0.481. The minimum Gasteiger partial charge on any atom is -0.512 e. The summed E-state index contributed by atoms with van der Waals surface area (Å²) < 4.78 is 1.37. The Morgan fingerprint density at radius 1 is 0.914 bits per heavy atom. The second kappa shape index (κ2) is 18.0. The molecule has 1 N–H and O–H groups in total. The molecule has 0 amide bonds. The Hall–Kier alpha value is -3.44. The van der Waals surface area contributed by atoms with Crippen molar-refractivity contribution in [3.8, 4) is 22.4 Å². The number of aliphatic hydroxyl groups is 1. The van der Waals surface area contributed by atoms with Crippen molar-refractivity contribution in [1.82, 2.24) is 9.97 Å². The molecule has 58 heavy (non-hydrogen) atoms. The van der Waals surface area contributed by atoms with E-state index in [0.717, 1.165) is 54.4 Å². The van der Waals surface area contributed by atoms with Crippen molar-refractivity contribution >= 4 is 43.6 Å². The predicted octanol–water partition coefficient (Wildman–Crippen LogP) is 15.1. The number of nitrogens with zero attached hydrogens (tertiary/aromatic N) is 2. The van der Waals surface area contributed by atoms with Gasteiger partial charge in [0, 0.05) is 75.2 Å². The van der Waals surface area contributed by atoms with Crippen LogP contribution in [0.4, 0.5) is 0 Å². The van der Waals surface area contributed by atoms with Gasteiger partial charge in [0.2, 0.25) is 0 Å². The summed E-state index contributed by atoms with van der Waals surface area (Å²) in [5.41, 5.74) is 10.3. The minimum atomic E-state index is -0.337. The third-order valence-corrected chi connectivity index (χ3v) is 14.0. The van der Waals surface area contributed by atoms with E-state index in [4.69, 9.17) is 4.98 Å². The zero-order valence-corrected chi connectivity index (χ0v) is 41.1. The molecule has 1 aliphatic rings. The van der Waals surface area contributed by atoms with Crippen LogP contribution in [-0.4, -0.2) is 20.9 Å². The molecule has 0 saturated heterocycles. The van der Waals surface area contributed by atoms with Crippen LogP contribution in [0.1, 0.15) is 150 Å². The Balaban J connectivity index is 0.000000353. The van der Waals surface area contributed by atoms with E-state index in [2.05, 4.69) is 116 Å². The van der Waals surface area contributed by atoms with Crippen LogP contribution in [0.5, 0.6) is 0 Å². The number of fused-ring (bicyclic) bond motifs is 3. The van der Waals surface area contributed by atoms with E-state index in [9.17, 15) is 9.90 Å². The number of pyridine rings is 2. The molecule has 0 unspecified atom stereocenters. The summed E-state index contributed by atoms with van der Waals surface area (Å²) in [6.07, 6.45) is 12.1. The number of aliphatic hydroxyl groups excluding tert-OH is 1. The Labute approximate surface area is 367 Å². The van der Waals surface area contributed by atoms with Crippen LogP contribution in [0, 0.1) is 29.7 Å². The van der Waals surface area contributed by atoms with E-state index < -0.39 is 0 Å². The Morgan fingerprint density at radius 2 is 1.55 bits per heavy atom. The number of allylic oxidation sites excluding steroid dienone is 4. The first-order valence-electron chi connectivity index (χ1n) is 21.2. The van der Waals surface area contributed by atoms with Gasteiger partial charge < -0.3 is 10.1 Å². The van der Waals surface area contributed by atoms with Crippen LogP contribution >= 0.6 is 11.3 Å². The van der Waals surface area contributed by atoms with Gasteiger partial charge in [0.1, 0.15) is 5.76 Å². The summed E-state index contributed by atoms with van der Waals surface area (Å²) in [4.78, 5) is 23.4. The fourth-order valence-corrected chi connectivity index (χ4v) is 9.27. The normalized spacial score (nSPS) is 14.3. The molecule has 313 valence electrons. The molecule has 0 saturated carbocycles. The number of hydrogen-bond donors (Lipinski definition) is 1. The van der Waals surface area contributed by atoms with Crippen LogP contribution in [0.25, 0.3) is 48.8 Å². The van der Waals surface area contributed by atoms with Crippen molar-refractivity contribution in [2.45, 2.75) is 147 Å². The summed E-state index contributed by atoms with van der Waals surface area (Å²) in [7, 11) is 0. The molecule has 3 aromatic heterocycles. The molecule has 1 radical (unpaired) electrons. The monoisotopic (exact) mass is 976 g/mol. The molecular weight excluding hydrogens is 909 g/mol. The van der Waals surface area contributed by atoms with Crippen LogP contribution in [0.15, 0.2) is 66.7 Å². The third kappa shape index (κ3) is 9.46. The molecule has 0 aliphatic heterocycles. The zero-order valence-electron chi connectivity index (χ0n) is 37.9. The van der Waals surface area contributed by atoms with Crippen molar-refractivity contribution in [3.05, 3.63) is 100 Å². The third-order valence-electron chi connectivity index (χ3n) is 12.9. The van der Waals surface area contributed by atoms with E-state index in [1.165, 1.54) is 59.8 Å². The van der Waals surface area contributed by atoms with E-state index in [-0.39, 0.29) is 53.3 Å². The number of thiophene rings is 1. The molecule has 1 aliphatic carbocycles. The smallest absolute Gasteiger partial charge is 0.164 e. The molecule has 2 aromatic carbocycles.